The zero-order valence-electron chi connectivity index (χ0n) is 15.3. The SMILES string of the molecule is CCCc1c(C(=O)Nc2ccc(C(C)(C)C)cc2)sc2ccccc12. The molecule has 0 spiro atoms. The van der Waals surface area contributed by atoms with E-state index in [1.165, 1.54) is 21.2 Å². The van der Waals surface area contributed by atoms with Gasteiger partial charge in [0.2, 0.25) is 0 Å². The molecule has 0 unspecified atom stereocenters. The second-order valence-corrected chi connectivity index (χ2v) is 8.49. The van der Waals surface area contributed by atoms with Gasteiger partial charge in [0.1, 0.15) is 0 Å². The van der Waals surface area contributed by atoms with E-state index in [1.54, 1.807) is 11.3 Å². The summed E-state index contributed by atoms with van der Waals surface area (Å²) in [7, 11) is 0. The van der Waals surface area contributed by atoms with E-state index in [9.17, 15) is 4.79 Å². The summed E-state index contributed by atoms with van der Waals surface area (Å²) >= 11 is 1.59. The molecule has 3 rings (SSSR count). The van der Waals surface area contributed by atoms with Crippen molar-refractivity contribution in [3.05, 3.63) is 64.5 Å². The van der Waals surface area contributed by atoms with Crippen LogP contribution < -0.4 is 5.32 Å². The molecule has 0 saturated heterocycles. The summed E-state index contributed by atoms with van der Waals surface area (Å²) < 4.78 is 1.18. The molecule has 0 aliphatic carbocycles. The van der Waals surface area contributed by atoms with Crippen LogP contribution in [0.2, 0.25) is 0 Å². The molecule has 0 aliphatic rings. The summed E-state index contributed by atoms with van der Waals surface area (Å²) in [4.78, 5) is 13.7. The molecule has 0 radical (unpaired) electrons. The Bertz CT molecular complexity index is 885. The van der Waals surface area contributed by atoms with Gasteiger partial charge in [-0.15, -0.1) is 11.3 Å². The molecule has 1 aromatic heterocycles. The van der Waals surface area contributed by atoms with Gasteiger partial charge in [0.25, 0.3) is 5.91 Å². The van der Waals surface area contributed by atoms with Crippen LogP contribution in [0.3, 0.4) is 0 Å². The van der Waals surface area contributed by atoms with Gasteiger partial charge < -0.3 is 5.32 Å². The Labute approximate surface area is 153 Å². The number of carbonyl (C=O) groups is 1. The maximum absolute atomic E-state index is 12.9. The molecule has 0 bridgehead atoms. The molecule has 1 amide bonds. The topological polar surface area (TPSA) is 29.1 Å². The fourth-order valence-electron chi connectivity index (χ4n) is 3.02. The molecule has 0 aliphatic heterocycles. The third kappa shape index (κ3) is 3.77. The number of aryl methyl sites for hydroxylation is 1. The van der Waals surface area contributed by atoms with Gasteiger partial charge in [0, 0.05) is 10.4 Å². The summed E-state index contributed by atoms with van der Waals surface area (Å²) in [5.41, 5.74) is 3.39. The van der Waals surface area contributed by atoms with Crippen LogP contribution in [0.4, 0.5) is 5.69 Å². The smallest absolute Gasteiger partial charge is 0.266 e. The molecule has 2 nitrogen and oxygen atoms in total. The van der Waals surface area contributed by atoms with E-state index in [0.717, 1.165) is 23.4 Å². The Morgan fingerprint density at radius 2 is 1.72 bits per heavy atom. The van der Waals surface area contributed by atoms with Crippen LogP contribution in [0.25, 0.3) is 10.1 Å². The Morgan fingerprint density at radius 3 is 2.36 bits per heavy atom. The maximum atomic E-state index is 12.9. The zero-order valence-corrected chi connectivity index (χ0v) is 16.2. The molecule has 1 N–H and O–H groups in total. The number of carbonyl (C=O) groups excluding carboxylic acids is 1. The number of thiophene rings is 1. The largest absolute Gasteiger partial charge is 0.321 e. The van der Waals surface area contributed by atoms with Crippen LogP contribution >= 0.6 is 11.3 Å². The highest BCUT2D eigenvalue weighted by Crippen LogP contribution is 2.33. The van der Waals surface area contributed by atoms with Gasteiger partial charge in [0.15, 0.2) is 0 Å². The zero-order chi connectivity index (χ0) is 18.0. The lowest BCUT2D eigenvalue weighted by Crippen LogP contribution is -2.13. The number of anilines is 1. The minimum absolute atomic E-state index is 0.00633. The maximum Gasteiger partial charge on any atom is 0.266 e. The van der Waals surface area contributed by atoms with Crippen molar-refractivity contribution in [1.29, 1.82) is 0 Å². The molecule has 0 fully saturated rings. The second kappa shape index (κ2) is 7.01. The molecule has 0 saturated carbocycles. The Balaban J connectivity index is 1.88. The molecular weight excluding hydrogens is 326 g/mol. The van der Waals surface area contributed by atoms with E-state index < -0.39 is 0 Å². The molecule has 2 aromatic carbocycles. The van der Waals surface area contributed by atoms with Crippen LogP contribution in [0, 0.1) is 0 Å². The quantitative estimate of drug-likeness (QED) is 0.578. The molecule has 25 heavy (non-hydrogen) atoms. The van der Waals surface area contributed by atoms with Crippen molar-refractivity contribution in [2.45, 2.75) is 46.0 Å². The average Bonchev–Trinajstić information content (AvgIpc) is 2.94. The minimum Gasteiger partial charge on any atom is -0.321 e. The standard InChI is InChI=1S/C22H25NOS/c1-5-8-18-17-9-6-7-10-19(17)25-20(18)21(24)23-16-13-11-15(12-14-16)22(2,3)4/h6-7,9-14H,5,8H2,1-4H3,(H,23,24). The molecule has 1 heterocycles. The van der Waals surface area contributed by atoms with Crippen molar-refractivity contribution in [2.24, 2.45) is 0 Å². The monoisotopic (exact) mass is 351 g/mol. The Kier molecular flexibility index (Phi) is 4.96. The number of hydrogen-bond donors (Lipinski definition) is 1. The summed E-state index contributed by atoms with van der Waals surface area (Å²) in [6.45, 7) is 8.72. The number of amides is 1. The lowest BCUT2D eigenvalue weighted by molar-refractivity contribution is 0.103. The highest BCUT2D eigenvalue weighted by Gasteiger charge is 2.18. The van der Waals surface area contributed by atoms with Crippen molar-refractivity contribution >= 4 is 33.0 Å². The summed E-state index contributed by atoms with van der Waals surface area (Å²) in [5.74, 6) is -0.00633. The van der Waals surface area contributed by atoms with Crippen molar-refractivity contribution in [3.8, 4) is 0 Å². The third-order valence-electron chi connectivity index (χ3n) is 4.41. The Hall–Kier alpha value is -2.13. The van der Waals surface area contributed by atoms with E-state index in [4.69, 9.17) is 0 Å². The first-order valence-electron chi connectivity index (χ1n) is 8.82. The fourth-order valence-corrected chi connectivity index (χ4v) is 4.17. The van der Waals surface area contributed by atoms with Crippen LogP contribution in [-0.4, -0.2) is 5.91 Å². The van der Waals surface area contributed by atoms with Crippen LogP contribution in [0.5, 0.6) is 0 Å². The van der Waals surface area contributed by atoms with Gasteiger partial charge >= 0.3 is 0 Å². The fraction of sp³-hybridized carbons (Fsp3) is 0.318. The van der Waals surface area contributed by atoms with Gasteiger partial charge in [-0.1, -0.05) is 64.4 Å². The lowest BCUT2D eigenvalue weighted by atomic mass is 9.87. The number of nitrogens with one attached hydrogen (secondary N) is 1. The van der Waals surface area contributed by atoms with Crippen molar-refractivity contribution in [3.63, 3.8) is 0 Å². The first-order chi connectivity index (χ1) is 11.9. The van der Waals surface area contributed by atoms with Gasteiger partial charge in [-0.3, -0.25) is 4.79 Å². The van der Waals surface area contributed by atoms with E-state index in [1.807, 2.05) is 24.3 Å². The van der Waals surface area contributed by atoms with E-state index in [2.05, 4.69) is 57.3 Å². The molecular formula is C22H25NOS. The number of rotatable bonds is 4. The lowest BCUT2D eigenvalue weighted by Gasteiger charge is -2.19. The van der Waals surface area contributed by atoms with Crippen LogP contribution in [0.1, 0.15) is 54.9 Å². The minimum atomic E-state index is -0.00633. The third-order valence-corrected chi connectivity index (χ3v) is 5.63. The Morgan fingerprint density at radius 1 is 1.04 bits per heavy atom. The van der Waals surface area contributed by atoms with Crippen molar-refractivity contribution in [2.75, 3.05) is 5.32 Å². The van der Waals surface area contributed by atoms with E-state index in [-0.39, 0.29) is 11.3 Å². The van der Waals surface area contributed by atoms with Crippen molar-refractivity contribution < 1.29 is 4.79 Å². The first-order valence-corrected chi connectivity index (χ1v) is 9.64. The predicted molar refractivity (Wildman–Crippen MR) is 109 cm³/mol. The summed E-state index contributed by atoms with van der Waals surface area (Å²) in [5, 5.41) is 4.28. The number of hydrogen-bond acceptors (Lipinski definition) is 2. The van der Waals surface area contributed by atoms with Crippen LogP contribution in [-0.2, 0) is 11.8 Å². The number of benzene rings is 2. The number of fused-ring (bicyclic) bond motifs is 1. The van der Waals surface area contributed by atoms with E-state index in [0.29, 0.717) is 0 Å². The van der Waals surface area contributed by atoms with Gasteiger partial charge in [-0.2, -0.15) is 0 Å². The van der Waals surface area contributed by atoms with Crippen molar-refractivity contribution in [1.82, 2.24) is 0 Å². The molecule has 3 aromatic rings. The first kappa shape index (κ1) is 17.7. The van der Waals surface area contributed by atoms with Crippen LogP contribution in [0.15, 0.2) is 48.5 Å². The normalized spacial score (nSPS) is 11.7. The second-order valence-electron chi connectivity index (χ2n) is 7.44. The molecule has 0 atom stereocenters. The van der Waals surface area contributed by atoms with Gasteiger partial charge in [0.05, 0.1) is 4.88 Å². The highest BCUT2D eigenvalue weighted by atomic mass is 32.1. The molecule has 3 heteroatoms. The summed E-state index contributed by atoms with van der Waals surface area (Å²) in [6.07, 6.45) is 1.96. The predicted octanol–water partition coefficient (Wildman–Crippen LogP) is 6.40. The molecule has 130 valence electrons. The highest BCUT2D eigenvalue weighted by molar-refractivity contribution is 7.21. The average molecular weight is 352 g/mol. The van der Waals surface area contributed by atoms with Gasteiger partial charge in [-0.25, -0.2) is 0 Å². The van der Waals surface area contributed by atoms with E-state index >= 15 is 0 Å². The summed E-state index contributed by atoms with van der Waals surface area (Å²) in [6, 6.07) is 16.4. The van der Waals surface area contributed by atoms with Gasteiger partial charge in [-0.05, 0) is 46.5 Å².